The van der Waals surface area contributed by atoms with E-state index in [1.165, 1.54) is 31.2 Å². The lowest BCUT2D eigenvalue weighted by Gasteiger charge is -2.16. The molecule has 0 atom stereocenters. The van der Waals surface area contributed by atoms with Gasteiger partial charge in [-0.2, -0.15) is 0 Å². The molecule has 21 heavy (non-hydrogen) atoms. The molecule has 0 bridgehead atoms. The molecule has 2 saturated carbocycles. The zero-order valence-corrected chi connectivity index (χ0v) is 12.8. The van der Waals surface area contributed by atoms with Gasteiger partial charge in [0.15, 0.2) is 5.96 Å². The van der Waals surface area contributed by atoms with E-state index in [1.807, 2.05) is 0 Å². The van der Waals surface area contributed by atoms with Crippen LogP contribution in [0, 0.1) is 0 Å². The number of nitrogens with one attached hydrogen (secondary N) is 2. The number of nitrogens with zero attached hydrogens (tertiary/aromatic N) is 1. The van der Waals surface area contributed by atoms with Crippen LogP contribution in [0.1, 0.15) is 31.2 Å². The Morgan fingerprint density at radius 1 is 1.29 bits per heavy atom. The van der Waals surface area contributed by atoms with E-state index in [2.05, 4.69) is 41.0 Å². The SMILES string of the molecule is COCCNC(=NCC1(c2ccccc2)CC1)NC1CC1. The number of hydrogen-bond acceptors (Lipinski definition) is 2. The minimum Gasteiger partial charge on any atom is -0.383 e. The maximum absolute atomic E-state index is 5.09. The van der Waals surface area contributed by atoms with Crippen LogP contribution in [0.3, 0.4) is 0 Å². The van der Waals surface area contributed by atoms with Crippen LogP contribution in [0.2, 0.25) is 0 Å². The van der Waals surface area contributed by atoms with Crippen LogP contribution in [0.25, 0.3) is 0 Å². The molecule has 0 heterocycles. The van der Waals surface area contributed by atoms with Gasteiger partial charge in [0.1, 0.15) is 0 Å². The quantitative estimate of drug-likeness (QED) is 0.458. The molecule has 0 unspecified atom stereocenters. The standard InChI is InChI=1S/C17H25N3O/c1-21-12-11-18-16(20-15-7-8-15)19-13-17(9-10-17)14-5-3-2-4-6-14/h2-6,15H,7-13H2,1H3,(H2,18,19,20). The minimum absolute atomic E-state index is 0.278. The van der Waals surface area contributed by atoms with Gasteiger partial charge in [0.25, 0.3) is 0 Å². The predicted molar refractivity (Wildman–Crippen MR) is 85.7 cm³/mol. The molecular formula is C17H25N3O. The molecule has 1 aromatic rings. The lowest BCUT2D eigenvalue weighted by Crippen LogP contribution is -2.40. The molecule has 2 fully saturated rings. The number of ether oxygens (including phenoxy) is 1. The Kier molecular flexibility index (Phi) is 4.44. The van der Waals surface area contributed by atoms with E-state index in [-0.39, 0.29) is 5.41 Å². The molecule has 3 rings (SSSR count). The van der Waals surface area contributed by atoms with E-state index in [9.17, 15) is 0 Å². The van der Waals surface area contributed by atoms with Crippen LogP contribution in [0.5, 0.6) is 0 Å². The third-order valence-corrected chi connectivity index (χ3v) is 4.30. The Hall–Kier alpha value is -1.55. The molecule has 2 aliphatic carbocycles. The van der Waals surface area contributed by atoms with Gasteiger partial charge in [0.2, 0.25) is 0 Å². The summed E-state index contributed by atoms with van der Waals surface area (Å²) in [6.45, 7) is 2.37. The van der Waals surface area contributed by atoms with Crippen molar-refractivity contribution in [2.75, 3.05) is 26.8 Å². The summed E-state index contributed by atoms with van der Waals surface area (Å²) in [7, 11) is 1.72. The third kappa shape index (κ3) is 3.97. The van der Waals surface area contributed by atoms with Gasteiger partial charge in [-0.1, -0.05) is 30.3 Å². The predicted octanol–water partition coefficient (Wildman–Crippen LogP) is 2.06. The van der Waals surface area contributed by atoms with E-state index >= 15 is 0 Å². The monoisotopic (exact) mass is 287 g/mol. The first kappa shape index (κ1) is 14.4. The highest BCUT2D eigenvalue weighted by molar-refractivity contribution is 5.80. The summed E-state index contributed by atoms with van der Waals surface area (Å²) in [4.78, 5) is 4.83. The molecule has 2 N–H and O–H groups in total. The maximum Gasteiger partial charge on any atom is 0.191 e. The molecule has 0 aliphatic heterocycles. The van der Waals surface area contributed by atoms with Crippen molar-refractivity contribution < 1.29 is 4.74 Å². The fraction of sp³-hybridized carbons (Fsp3) is 0.588. The smallest absolute Gasteiger partial charge is 0.191 e. The topological polar surface area (TPSA) is 45.6 Å². The van der Waals surface area contributed by atoms with Gasteiger partial charge in [-0.15, -0.1) is 0 Å². The van der Waals surface area contributed by atoms with Crippen molar-refractivity contribution in [2.24, 2.45) is 4.99 Å². The Labute approximate surface area is 127 Å². The van der Waals surface area contributed by atoms with Crippen LogP contribution in [-0.2, 0) is 10.2 Å². The molecule has 0 saturated heterocycles. The second kappa shape index (κ2) is 6.48. The molecular weight excluding hydrogens is 262 g/mol. The molecule has 0 aromatic heterocycles. The van der Waals surface area contributed by atoms with Gasteiger partial charge in [0, 0.05) is 25.1 Å². The molecule has 4 heteroatoms. The van der Waals surface area contributed by atoms with Gasteiger partial charge in [-0.25, -0.2) is 0 Å². The van der Waals surface area contributed by atoms with Crippen molar-refractivity contribution >= 4 is 5.96 Å². The number of methoxy groups -OCH3 is 1. The number of guanidine groups is 1. The average Bonchev–Trinajstić information content (AvgIpc) is 3.42. The fourth-order valence-corrected chi connectivity index (χ4v) is 2.56. The highest BCUT2D eigenvalue weighted by Crippen LogP contribution is 2.48. The summed E-state index contributed by atoms with van der Waals surface area (Å²) in [6, 6.07) is 11.4. The summed E-state index contributed by atoms with van der Waals surface area (Å²) in [5.41, 5.74) is 1.71. The maximum atomic E-state index is 5.09. The second-order valence-corrected chi connectivity index (χ2v) is 6.15. The number of aliphatic imine (C=N–C) groups is 1. The first-order valence-corrected chi connectivity index (χ1v) is 7.92. The van der Waals surface area contributed by atoms with E-state index < -0.39 is 0 Å². The van der Waals surface area contributed by atoms with Gasteiger partial charge in [-0.05, 0) is 31.2 Å². The Bertz CT molecular complexity index is 478. The van der Waals surface area contributed by atoms with E-state index in [4.69, 9.17) is 9.73 Å². The zero-order chi connectivity index (χ0) is 14.5. The van der Waals surface area contributed by atoms with E-state index in [0.717, 1.165) is 19.0 Å². The number of hydrogen-bond donors (Lipinski definition) is 2. The van der Waals surface area contributed by atoms with Crippen LogP contribution in [0.15, 0.2) is 35.3 Å². The van der Waals surface area contributed by atoms with Crippen molar-refractivity contribution in [3.8, 4) is 0 Å². The third-order valence-electron chi connectivity index (χ3n) is 4.30. The van der Waals surface area contributed by atoms with Gasteiger partial charge in [0.05, 0.1) is 13.2 Å². The summed E-state index contributed by atoms with van der Waals surface area (Å²) < 4.78 is 5.09. The second-order valence-electron chi connectivity index (χ2n) is 6.15. The first-order valence-electron chi connectivity index (χ1n) is 7.92. The van der Waals surface area contributed by atoms with Gasteiger partial charge < -0.3 is 15.4 Å². The molecule has 4 nitrogen and oxygen atoms in total. The zero-order valence-electron chi connectivity index (χ0n) is 12.8. The largest absolute Gasteiger partial charge is 0.383 e. The molecule has 0 amide bonds. The van der Waals surface area contributed by atoms with Crippen LogP contribution >= 0.6 is 0 Å². The molecule has 0 spiro atoms. The number of rotatable bonds is 7. The lowest BCUT2D eigenvalue weighted by molar-refractivity contribution is 0.203. The molecule has 114 valence electrons. The summed E-state index contributed by atoms with van der Waals surface area (Å²) in [6.07, 6.45) is 5.01. The molecule has 0 radical (unpaired) electrons. The van der Waals surface area contributed by atoms with Crippen molar-refractivity contribution in [1.82, 2.24) is 10.6 Å². The van der Waals surface area contributed by atoms with Gasteiger partial charge in [-0.3, -0.25) is 4.99 Å². The Balaban J connectivity index is 1.60. The summed E-state index contributed by atoms with van der Waals surface area (Å²) in [5.74, 6) is 0.941. The summed E-state index contributed by atoms with van der Waals surface area (Å²) in [5, 5.41) is 6.84. The van der Waals surface area contributed by atoms with Crippen LogP contribution < -0.4 is 10.6 Å². The number of benzene rings is 1. The van der Waals surface area contributed by atoms with Crippen molar-refractivity contribution in [3.05, 3.63) is 35.9 Å². The average molecular weight is 287 g/mol. The highest BCUT2D eigenvalue weighted by atomic mass is 16.5. The Morgan fingerprint density at radius 3 is 2.67 bits per heavy atom. The van der Waals surface area contributed by atoms with Gasteiger partial charge >= 0.3 is 0 Å². The summed E-state index contributed by atoms with van der Waals surface area (Å²) >= 11 is 0. The van der Waals surface area contributed by atoms with Crippen LogP contribution in [-0.4, -0.2) is 38.8 Å². The minimum atomic E-state index is 0.278. The highest BCUT2D eigenvalue weighted by Gasteiger charge is 2.44. The molecule has 2 aliphatic rings. The van der Waals surface area contributed by atoms with Crippen LogP contribution in [0.4, 0.5) is 0 Å². The molecule has 1 aromatic carbocycles. The van der Waals surface area contributed by atoms with E-state index in [1.54, 1.807) is 7.11 Å². The Morgan fingerprint density at radius 2 is 2.05 bits per heavy atom. The van der Waals surface area contributed by atoms with Crippen molar-refractivity contribution in [2.45, 2.75) is 37.1 Å². The fourth-order valence-electron chi connectivity index (χ4n) is 2.56. The lowest BCUT2D eigenvalue weighted by atomic mass is 9.96. The van der Waals surface area contributed by atoms with Crippen molar-refractivity contribution in [3.63, 3.8) is 0 Å². The first-order chi connectivity index (χ1) is 10.3. The normalized spacial score (nSPS) is 20.1. The van der Waals surface area contributed by atoms with E-state index in [0.29, 0.717) is 12.6 Å². The van der Waals surface area contributed by atoms with Crippen molar-refractivity contribution in [1.29, 1.82) is 0 Å².